The van der Waals surface area contributed by atoms with Gasteiger partial charge in [-0.2, -0.15) is 0 Å². The summed E-state index contributed by atoms with van der Waals surface area (Å²) in [7, 11) is 0. The molecule has 0 spiro atoms. The van der Waals surface area contributed by atoms with Crippen LogP contribution in [0.1, 0.15) is 5.56 Å². The van der Waals surface area contributed by atoms with Gasteiger partial charge in [-0.05, 0) is 18.6 Å². The smallest absolute Gasteiger partial charge is 0.177 e. The number of aromatic nitrogens is 1. The highest BCUT2D eigenvalue weighted by Gasteiger charge is 2.11. The summed E-state index contributed by atoms with van der Waals surface area (Å²) in [6, 6.07) is 2.98. The number of nitrogens with two attached hydrogens (primary N) is 1. The molecular formula is C8H7FN2O. The Morgan fingerprint density at radius 2 is 2.25 bits per heavy atom. The molecule has 0 aliphatic carbocycles. The van der Waals surface area contributed by atoms with Gasteiger partial charge in [0.25, 0.3) is 0 Å². The van der Waals surface area contributed by atoms with Gasteiger partial charge in [-0.3, -0.25) is 0 Å². The van der Waals surface area contributed by atoms with Crippen molar-refractivity contribution in [2.45, 2.75) is 6.92 Å². The molecule has 0 aliphatic heterocycles. The maximum atomic E-state index is 13.1. The maximum Gasteiger partial charge on any atom is 0.177 e. The molecule has 3 nitrogen and oxygen atoms in total. The van der Waals surface area contributed by atoms with Gasteiger partial charge in [0.1, 0.15) is 11.2 Å². The highest BCUT2D eigenvalue weighted by Crippen LogP contribution is 2.25. The van der Waals surface area contributed by atoms with E-state index in [0.29, 0.717) is 5.58 Å². The molecule has 0 aliphatic rings. The number of rotatable bonds is 0. The SMILES string of the molecule is Cc1ccc(F)c2c(N)noc12. The van der Waals surface area contributed by atoms with E-state index in [9.17, 15) is 4.39 Å². The molecule has 1 heterocycles. The summed E-state index contributed by atoms with van der Waals surface area (Å²) in [4.78, 5) is 0. The molecule has 2 N–H and O–H groups in total. The van der Waals surface area contributed by atoms with Crippen molar-refractivity contribution < 1.29 is 8.91 Å². The molecule has 0 saturated carbocycles. The molecular weight excluding hydrogens is 159 g/mol. The van der Waals surface area contributed by atoms with E-state index in [-0.39, 0.29) is 11.2 Å². The second-order valence-corrected chi connectivity index (χ2v) is 2.64. The Kier molecular flexibility index (Phi) is 1.30. The van der Waals surface area contributed by atoms with Crippen molar-refractivity contribution in [3.8, 4) is 0 Å². The van der Waals surface area contributed by atoms with E-state index in [4.69, 9.17) is 10.3 Å². The van der Waals surface area contributed by atoms with Gasteiger partial charge in [0, 0.05) is 0 Å². The topological polar surface area (TPSA) is 52.0 Å². The van der Waals surface area contributed by atoms with Crippen LogP contribution in [0, 0.1) is 12.7 Å². The third-order valence-electron chi connectivity index (χ3n) is 1.80. The number of halogens is 1. The lowest BCUT2D eigenvalue weighted by Crippen LogP contribution is -1.86. The van der Waals surface area contributed by atoms with E-state index < -0.39 is 5.82 Å². The van der Waals surface area contributed by atoms with Crippen molar-refractivity contribution in [2.24, 2.45) is 0 Å². The molecule has 0 radical (unpaired) electrons. The molecule has 2 aromatic rings. The number of hydrogen-bond acceptors (Lipinski definition) is 3. The molecule has 1 aromatic heterocycles. The van der Waals surface area contributed by atoms with E-state index in [1.54, 1.807) is 6.07 Å². The van der Waals surface area contributed by atoms with Gasteiger partial charge >= 0.3 is 0 Å². The second kappa shape index (κ2) is 2.20. The number of fused-ring (bicyclic) bond motifs is 1. The van der Waals surface area contributed by atoms with Gasteiger partial charge in [-0.15, -0.1) is 0 Å². The fourth-order valence-corrected chi connectivity index (χ4v) is 1.16. The van der Waals surface area contributed by atoms with Gasteiger partial charge in [-0.25, -0.2) is 4.39 Å². The number of nitrogen functional groups attached to an aromatic ring is 1. The van der Waals surface area contributed by atoms with Crippen molar-refractivity contribution in [3.05, 3.63) is 23.5 Å². The Bertz CT molecular complexity index is 436. The van der Waals surface area contributed by atoms with Crippen LogP contribution < -0.4 is 5.73 Å². The minimum absolute atomic E-state index is 0.103. The summed E-state index contributed by atoms with van der Waals surface area (Å²) < 4.78 is 17.9. The first-order valence-electron chi connectivity index (χ1n) is 3.50. The van der Waals surface area contributed by atoms with Crippen molar-refractivity contribution in [1.82, 2.24) is 5.16 Å². The van der Waals surface area contributed by atoms with Crippen LogP contribution >= 0.6 is 0 Å². The lowest BCUT2D eigenvalue weighted by atomic mass is 10.1. The lowest BCUT2D eigenvalue weighted by Gasteiger charge is -1.93. The standard InChI is InChI=1S/C8H7FN2O/c1-4-2-3-5(9)6-7(4)12-11-8(6)10/h2-3H,1H3,(H2,10,11). The first kappa shape index (κ1) is 7.09. The van der Waals surface area contributed by atoms with Gasteiger partial charge in [0.15, 0.2) is 11.4 Å². The number of hydrogen-bond donors (Lipinski definition) is 1. The Balaban J connectivity index is 2.98. The highest BCUT2D eigenvalue weighted by atomic mass is 19.1. The zero-order chi connectivity index (χ0) is 8.72. The van der Waals surface area contributed by atoms with Crippen LogP contribution in [-0.4, -0.2) is 5.16 Å². The Hall–Kier alpha value is -1.58. The van der Waals surface area contributed by atoms with Crippen LogP contribution in [0.4, 0.5) is 10.2 Å². The predicted molar refractivity (Wildman–Crippen MR) is 43.1 cm³/mol. The third kappa shape index (κ3) is 0.777. The van der Waals surface area contributed by atoms with Crippen LogP contribution in [0.2, 0.25) is 0 Å². The molecule has 1 aromatic carbocycles. The van der Waals surface area contributed by atoms with E-state index in [2.05, 4.69) is 5.16 Å². The first-order chi connectivity index (χ1) is 5.70. The average molecular weight is 166 g/mol. The lowest BCUT2D eigenvalue weighted by molar-refractivity contribution is 0.458. The van der Waals surface area contributed by atoms with Crippen molar-refractivity contribution in [1.29, 1.82) is 0 Å². The maximum absolute atomic E-state index is 13.1. The monoisotopic (exact) mass is 166 g/mol. The van der Waals surface area contributed by atoms with E-state index in [1.807, 2.05) is 6.92 Å². The normalized spacial score (nSPS) is 10.8. The Morgan fingerprint density at radius 3 is 2.92 bits per heavy atom. The van der Waals surface area contributed by atoms with Gasteiger partial charge in [0.05, 0.1) is 0 Å². The van der Waals surface area contributed by atoms with Crippen LogP contribution in [0.3, 0.4) is 0 Å². The van der Waals surface area contributed by atoms with E-state index in [1.165, 1.54) is 6.07 Å². The Morgan fingerprint density at radius 1 is 1.50 bits per heavy atom. The molecule has 0 fully saturated rings. The zero-order valence-electron chi connectivity index (χ0n) is 6.47. The molecule has 0 unspecified atom stereocenters. The molecule has 62 valence electrons. The third-order valence-corrected chi connectivity index (χ3v) is 1.80. The minimum Gasteiger partial charge on any atom is -0.380 e. The molecule has 0 saturated heterocycles. The van der Waals surface area contributed by atoms with Crippen molar-refractivity contribution in [3.63, 3.8) is 0 Å². The fourth-order valence-electron chi connectivity index (χ4n) is 1.16. The van der Waals surface area contributed by atoms with E-state index >= 15 is 0 Å². The van der Waals surface area contributed by atoms with Gasteiger partial charge in [0.2, 0.25) is 0 Å². The van der Waals surface area contributed by atoms with Gasteiger partial charge < -0.3 is 10.3 Å². The summed E-state index contributed by atoms with van der Waals surface area (Å²) in [6.45, 7) is 1.81. The minimum atomic E-state index is -0.394. The number of nitrogens with zero attached hydrogens (tertiary/aromatic N) is 1. The zero-order valence-corrected chi connectivity index (χ0v) is 6.47. The quantitative estimate of drug-likeness (QED) is 0.649. The fraction of sp³-hybridized carbons (Fsp3) is 0.125. The average Bonchev–Trinajstić information content (AvgIpc) is 2.42. The van der Waals surface area contributed by atoms with Crippen LogP contribution in [0.15, 0.2) is 16.7 Å². The van der Waals surface area contributed by atoms with E-state index in [0.717, 1.165) is 5.56 Å². The highest BCUT2D eigenvalue weighted by molar-refractivity contribution is 5.89. The summed E-state index contributed by atoms with van der Waals surface area (Å²) in [5, 5.41) is 3.75. The summed E-state index contributed by atoms with van der Waals surface area (Å²) >= 11 is 0. The molecule has 12 heavy (non-hydrogen) atoms. The van der Waals surface area contributed by atoms with Crippen molar-refractivity contribution >= 4 is 16.8 Å². The predicted octanol–water partition coefficient (Wildman–Crippen LogP) is 1.86. The summed E-state index contributed by atoms with van der Waals surface area (Å²) in [5.74, 6) is -0.291. The molecule has 4 heteroatoms. The number of anilines is 1. The molecule has 0 amide bonds. The summed E-state index contributed by atoms with van der Waals surface area (Å²) in [5.41, 5.74) is 6.65. The summed E-state index contributed by atoms with van der Waals surface area (Å²) in [6.07, 6.45) is 0. The number of benzene rings is 1. The van der Waals surface area contributed by atoms with Crippen LogP contribution in [0.25, 0.3) is 11.0 Å². The first-order valence-corrected chi connectivity index (χ1v) is 3.50. The largest absolute Gasteiger partial charge is 0.380 e. The molecule has 0 bridgehead atoms. The Labute approximate surface area is 67.9 Å². The number of aryl methyl sites for hydroxylation is 1. The van der Waals surface area contributed by atoms with Crippen LogP contribution in [-0.2, 0) is 0 Å². The van der Waals surface area contributed by atoms with Crippen molar-refractivity contribution in [2.75, 3.05) is 5.73 Å². The molecule has 0 atom stereocenters. The molecule has 2 rings (SSSR count). The van der Waals surface area contributed by atoms with Crippen LogP contribution in [0.5, 0.6) is 0 Å². The van der Waals surface area contributed by atoms with Gasteiger partial charge in [-0.1, -0.05) is 11.2 Å². The second-order valence-electron chi connectivity index (χ2n) is 2.64.